The highest BCUT2D eigenvalue weighted by atomic mass is 32.1. The van der Waals surface area contributed by atoms with E-state index in [1.165, 1.54) is 5.56 Å². The second-order valence-corrected chi connectivity index (χ2v) is 5.00. The van der Waals surface area contributed by atoms with E-state index in [1.807, 2.05) is 49.2 Å². The molecule has 0 atom stereocenters. The molecule has 2 rings (SSSR count). The average molecular weight is 274 g/mol. The molecular formula is C15H18N2OS. The fourth-order valence-electron chi connectivity index (χ4n) is 1.80. The number of para-hydroxylation sites is 1. The summed E-state index contributed by atoms with van der Waals surface area (Å²) in [7, 11) is 1.95. The van der Waals surface area contributed by atoms with Crippen LogP contribution in [0.5, 0.6) is 0 Å². The molecule has 4 heteroatoms. The molecule has 0 fully saturated rings. The second kappa shape index (κ2) is 5.89. The van der Waals surface area contributed by atoms with Crippen molar-refractivity contribution in [1.29, 1.82) is 0 Å². The standard InChI is InChI=1S/C15H18N2OS/c1-11-6-4-5-7-14(11)16-15(19)17(3)10-13-9-8-12(2)18-13/h4-9H,10H2,1-3H3,(H,16,19). The molecule has 0 aliphatic heterocycles. The highest BCUT2D eigenvalue weighted by Gasteiger charge is 2.08. The Hall–Kier alpha value is -1.81. The zero-order valence-corrected chi connectivity index (χ0v) is 12.3. The van der Waals surface area contributed by atoms with Gasteiger partial charge in [-0.25, -0.2) is 0 Å². The summed E-state index contributed by atoms with van der Waals surface area (Å²) in [5.74, 6) is 1.83. The van der Waals surface area contributed by atoms with E-state index >= 15 is 0 Å². The van der Waals surface area contributed by atoms with Crippen molar-refractivity contribution in [2.24, 2.45) is 0 Å². The van der Waals surface area contributed by atoms with Gasteiger partial charge in [-0.15, -0.1) is 0 Å². The quantitative estimate of drug-likeness (QED) is 0.863. The Morgan fingerprint density at radius 2 is 1.95 bits per heavy atom. The molecule has 2 aromatic rings. The van der Waals surface area contributed by atoms with Crippen molar-refractivity contribution in [1.82, 2.24) is 4.90 Å². The molecule has 0 bridgehead atoms. The fraction of sp³-hybridized carbons (Fsp3) is 0.267. The van der Waals surface area contributed by atoms with Crippen molar-refractivity contribution in [2.75, 3.05) is 12.4 Å². The van der Waals surface area contributed by atoms with Gasteiger partial charge in [-0.1, -0.05) is 18.2 Å². The highest BCUT2D eigenvalue weighted by Crippen LogP contribution is 2.15. The van der Waals surface area contributed by atoms with E-state index in [2.05, 4.69) is 18.3 Å². The maximum absolute atomic E-state index is 5.55. The molecule has 0 radical (unpaired) electrons. The number of hydrogen-bond acceptors (Lipinski definition) is 2. The monoisotopic (exact) mass is 274 g/mol. The largest absolute Gasteiger partial charge is 0.464 e. The van der Waals surface area contributed by atoms with Crippen LogP contribution in [0.4, 0.5) is 5.69 Å². The topological polar surface area (TPSA) is 28.4 Å². The minimum atomic E-state index is 0.658. The van der Waals surface area contributed by atoms with Crippen LogP contribution in [0.1, 0.15) is 17.1 Å². The summed E-state index contributed by atoms with van der Waals surface area (Å²) in [4.78, 5) is 1.96. The Morgan fingerprint density at radius 1 is 1.21 bits per heavy atom. The van der Waals surface area contributed by atoms with Crippen LogP contribution in [0.15, 0.2) is 40.8 Å². The van der Waals surface area contributed by atoms with Gasteiger partial charge >= 0.3 is 0 Å². The molecule has 0 saturated heterocycles. The number of rotatable bonds is 3. The third-order valence-corrected chi connectivity index (χ3v) is 3.34. The normalized spacial score (nSPS) is 10.3. The average Bonchev–Trinajstić information content (AvgIpc) is 2.77. The molecule has 1 aromatic heterocycles. The molecule has 0 saturated carbocycles. The van der Waals surface area contributed by atoms with Crippen molar-refractivity contribution >= 4 is 23.0 Å². The van der Waals surface area contributed by atoms with E-state index in [-0.39, 0.29) is 0 Å². The summed E-state index contributed by atoms with van der Waals surface area (Å²) >= 11 is 5.40. The third-order valence-electron chi connectivity index (χ3n) is 2.92. The number of benzene rings is 1. The molecule has 1 aromatic carbocycles. The SMILES string of the molecule is Cc1ccc(CN(C)C(=S)Nc2ccccc2C)o1. The number of nitrogens with zero attached hydrogens (tertiary/aromatic N) is 1. The minimum absolute atomic E-state index is 0.658. The van der Waals surface area contributed by atoms with Crippen LogP contribution in [0, 0.1) is 13.8 Å². The first-order valence-corrected chi connectivity index (χ1v) is 6.60. The van der Waals surface area contributed by atoms with E-state index in [0.29, 0.717) is 11.7 Å². The van der Waals surface area contributed by atoms with Crippen LogP contribution in [0.25, 0.3) is 0 Å². The zero-order valence-electron chi connectivity index (χ0n) is 11.4. The van der Waals surface area contributed by atoms with Gasteiger partial charge in [0.25, 0.3) is 0 Å². The molecule has 0 aliphatic rings. The summed E-state index contributed by atoms with van der Waals surface area (Å²) in [6.07, 6.45) is 0. The summed E-state index contributed by atoms with van der Waals surface area (Å²) in [5, 5.41) is 3.94. The van der Waals surface area contributed by atoms with Gasteiger partial charge < -0.3 is 14.6 Å². The number of anilines is 1. The van der Waals surface area contributed by atoms with Crippen LogP contribution in [0.2, 0.25) is 0 Å². The Labute approximate surface area is 119 Å². The lowest BCUT2D eigenvalue weighted by atomic mass is 10.2. The first-order valence-electron chi connectivity index (χ1n) is 6.19. The van der Waals surface area contributed by atoms with E-state index in [4.69, 9.17) is 16.6 Å². The lowest BCUT2D eigenvalue weighted by molar-refractivity contribution is 0.403. The molecule has 1 N–H and O–H groups in total. The number of aryl methyl sites for hydroxylation is 2. The van der Waals surface area contributed by atoms with Gasteiger partial charge in [0.15, 0.2) is 5.11 Å². The van der Waals surface area contributed by atoms with Gasteiger partial charge in [0.2, 0.25) is 0 Å². The third kappa shape index (κ3) is 3.58. The van der Waals surface area contributed by atoms with Crippen molar-refractivity contribution in [3.8, 4) is 0 Å². The summed E-state index contributed by atoms with van der Waals surface area (Å²) in [5.41, 5.74) is 2.21. The van der Waals surface area contributed by atoms with Gasteiger partial charge in [-0.05, 0) is 49.8 Å². The van der Waals surface area contributed by atoms with Crippen LogP contribution in [0.3, 0.4) is 0 Å². The molecule has 19 heavy (non-hydrogen) atoms. The molecule has 0 amide bonds. The number of nitrogens with one attached hydrogen (secondary N) is 1. The van der Waals surface area contributed by atoms with Gasteiger partial charge in [0.05, 0.1) is 6.54 Å². The van der Waals surface area contributed by atoms with Gasteiger partial charge in [-0.3, -0.25) is 0 Å². The highest BCUT2D eigenvalue weighted by molar-refractivity contribution is 7.80. The van der Waals surface area contributed by atoms with Crippen molar-refractivity contribution in [3.05, 3.63) is 53.5 Å². The zero-order chi connectivity index (χ0) is 13.8. The lowest BCUT2D eigenvalue weighted by Gasteiger charge is -2.20. The molecule has 1 heterocycles. The smallest absolute Gasteiger partial charge is 0.173 e. The second-order valence-electron chi connectivity index (χ2n) is 4.61. The summed E-state index contributed by atoms with van der Waals surface area (Å²) in [6.45, 7) is 4.65. The van der Waals surface area contributed by atoms with Crippen LogP contribution in [-0.4, -0.2) is 17.1 Å². The summed E-state index contributed by atoms with van der Waals surface area (Å²) < 4.78 is 5.55. The lowest BCUT2D eigenvalue weighted by Crippen LogP contribution is -2.30. The number of furan rings is 1. The van der Waals surface area contributed by atoms with Gasteiger partial charge in [0, 0.05) is 12.7 Å². The first kappa shape index (κ1) is 13.6. The Balaban J connectivity index is 1.98. The van der Waals surface area contributed by atoms with E-state index in [9.17, 15) is 0 Å². The number of hydrogen-bond donors (Lipinski definition) is 1. The first-order chi connectivity index (χ1) is 9.06. The predicted molar refractivity (Wildman–Crippen MR) is 82.3 cm³/mol. The van der Waals surface area contributed by atoms with Crippen molar-refractivity contribution in [2.45, 2.75) is 20.4 Å². The maximum atomic E-state index is 5.55. The van der Waals surface area contributed by atoms with Gasteiger partial charge in [-0.2, -0.15) is 0 Å². The maximum Gasteiger partial charge on any atom is 0.173 e. The molecule has 0 unspecified atom stereocenters. The van der Waals surface area contributed by atoms with Crippen molar-refractivity contribution in [3.63, 3.8) is 0 Å². The minimum Gasteiger partial charge on any atom is -0.464 e. The van der Waals surface area contributed by atoms with Crippen LogP contribution >= 0.6 is 12.2 Å². The Morgan fingerprint density at radius 3 is 2.58 bits per heavy atom. The van der Waals surface area contributed by atoms with Crippen LogP contribution < -0.4 is 5.32 Å². The number of thiocarbonyl (C=S) groups is 1. The van der Waals surface area contributed by atoms with E-state index < -0.39 is 0 Å². The van der Waals surface area contributed by atoms with Gasteiger partial charge in [0.1, 0.15) is 11.5 Å². The molecule has 0 spiro atoms. The Bertz CT molecular complexity index is 577. The van der Waals surface area contributed by atoms with Crippen LogP contribution in [-0.2, 0) is 6.54 Å². The predicted octanol–water partition coefficient (Wildman–Crippen LogP) is 3.73. The van der Waals surface area contributed by atoms with E-state index in [1.54, 1.807) is 0 Å². The molecule has 3 nitrogen and oxygen atoms in total. The van der Waals surface area contributed by atoms with Crippen molar-refractivity contribution < 1.29 is 4.42 Å². The molecule has 100 valence electrons. The molecule has 0 aliphatic carbocycles. The molecular weight excluding hydrogens is 256 g/mol. The summed E-state index contributed by atoms with van der Waals surface area (Å²) in [6, 6.07) is 12.0. The Kier molecular flexibility index (Phi) is 4.22. The fourth-order valence-corrected chi connectivity index (χ4v) is 1.97. The van der Waals surface area contributed by atoms with E-state index in [0.717, 1.165) is 17.2 Å².